The third-order valence-electron chi connectivity index (χ3n) is 4.76. The monoisotopic (exact) mass is 279 g/mol. The Morgan fingerprint density at radius 3 is 2.65 bits per heavy atom. The van der Waals surface area contributed by atoms with Crippen LogP contribution in [0.5, 0.6) is 0 Å². The molecule has 0 bridgehead atoms. The van der Waals surface area contributed by atoms with E-state index in [0.717, 1.165) is 57.7 Å². The van der Waals surface area contributed by atoms with E-state index in [-0.39, 0.29) is 5.79 Å². The summed E-state index contributed by atoms with van der Waals surface area (Å²) in [6, 6.07) is 0.647. The van der Waals surface area contributed by atoms with Gasteiger partial charge in [0, 0.05) is 51.3 Å². The molecule has 1 aromatic heterocycles. The Kier molecular flexibility index (Phi) is 4.10. The Morgan fingerprint density at radius 1 is 1.35 bits per heavy atom. The number of aromatic nitrogens is 2. The molecule has 1 spiro atoms. The van der Waals surface area contributed by atoms with Gasteiger partial charge in [0.05, 0.1) is 13.2 Å². The maximum atomic E-state index is 5.79. The van der Waals surface area contributed by atoms with Crippen molar-refractivity contribution in [3.8, 4) is 0 Å². The molecule has 20 heavy (non-hydrogen) atoms. The standard InChI is InChI=1S/C15H25N3O2/c1-17(9-5-14-16-8-10-18(14)2)13-3-6-15(7-4-13)19-11-12-20-15/h8,10,13H,3-7,9,11-12H2,1-2H3. The van der Waals surface area contributed by atoms with Crippen LogP contribution in [0.1, 0.15) is 31.5 Å². The van der Waals surface area contributed by atoms with E-state index in [1.807, 2.05) is 12.4 Å². The van der Waals surface area contributed by atoms with Gasteiger partial charge >= 0.3 is 0 Å². The lowest BCUT2D eigenvalue weighted by molar-refractivity contribution is -0.183. The van der Waals surface area contributed by atoms with Crippen LogP contribution in [0.3, 0.4) is 0 Å². The maximum Gasteiger partial charge on any atom is 0.168 e. The molecule has 1 aromatic rings. The summed E-state index contributed by atoms with van der Waals surface area (Å²) < 4.78 is 13.7. The smallest absolute Gasteiger partial charge is 0.168 e. The van der Waals surface area contributed by atoms with Gasteiger partial charge in [-0.25, -0.2) is 4.98 Å². The summed E-state index contributed by atoms with van der Waals surface area (Å²) in [5.74, 6) is 0.920. The minimum Gasteiger partial charge on any atom is -0.348 e. The Labute approximate surface area is 120 Å². The lowest BCUT2D eigenvalue weighted by atomic mass is 9.89. The van der Waals surface area contributed by atoms with Crippen molar-refractivity contribution in [2.75, 3.05) is 26.8 Å². The molecular formula is C15H25N3O2. The summed E-state index contributed by atoms with van der Waals surface area (Å²) >= 11 is 0. The maximum absolute atomic E-state index is 5.79. The summed E-state index contributed by atoms with van der Waals surface area (Å²) in [6.07, 6.45) is 9.28. The van der Waals surface area contributed by atoms with Gasteiger partial charge in [-0.1, -0.05) is 0 Å². The summed E-state index contributed by atoms with van der Waals surface area (Å²) in [5, 5.41) is 0. The van der Waals surface area contributed by atoms with E-state index < -0.39 is 0 Å². The molecule has 0 unspecified atom stereocenters. The molecule has 1 saturated carbocycles. The molecule has 2 aliphatic rings. The molecule has 112 valence electrons. The van der Waals surface area contributed by atoms with Crippen molar-refractivity contribution >= 4 is 0 Å². The predicted molar refractivity (Wildman–Crippen MR) is 76.4 cm³/mol. The summed E-state index contributed by atoms with van der Waals surface area (Å²) in [7, 11) is 4.28. The van der Waals surface area contributed by atoms with Crippen LogP contribution in [-0.4, -0.2) is 53.1 Å². The quantitative estimate of drug-likeness (QED) is 0.839. The average Bonchev–Trinajstić information content (AvgIpc) is 3.07. The van der Waals surface area contributed by atoms with Gasteiger partial charge in [0.1, 0.15) is 5.82 Å². The predicted octanol–water partition coefficient (Wildman–Crippen LogP) is 1.58. The number of imidazole rings is 1. The molecule has 1 aliphatic carbocycles. The highest BCUT2D eigenvalue weighted by molar-refractivity contribution is 4.93. The number of rotatable bonds is 4. The average molecular weight is 279 g/mol. The zero-order valence-electron chi connectivity index (χ0n) is 12.5. The SMILES string of the molecule is CN(CCc1nccn1C)C1CCC2(CC1)OCCO2. The molecule has 0 amide bonds. The van der Waals surface area contributed by atoms with Crippen LogP contribution in [0.25, 0.3) is 0 Å². The minimum atomic E-state index is -0.239. The second-order valence-corrected chi connectivity index (χ2v) is 6.02. The molecule has 2 fully saturated rings. The fourth-order valence-corrected chi connectivity index (χ4v) is 3.37. The molecular weight excluding hydrogens is 254 g/mol. The summed E-state index contributed by atoms with van der Waals surface area (Å²) in [6.45, 7) is 2.59. The normalized spacial score (nSPS) is 22.9. The second-order valence-electron chi connectivity index (χ2n) is 6.02. The fourth-order valence-electron chi connectivity index (χ4n) is 3.37. The highest BCUT2D eigenvalue weighted by Crippen LogP contribution is 2.37. The van der Waals surface area contributed by atoms with Crippen LogP contribution in [0.2, 0.25) is 0 Å². The van der Waals surface area contributed by atoms with E-state index >= 15 is 0 Å². The zero-order chi connectivity index (χ0) is 14.0. The van der Waals surface area contributed by atoms with Crippen molar-refractivity contribution < 1.29 is 9.47 Å². The van der Waals surface area contributed by atoms with E-state index in [0.29, 0.717) is 6.04 Å². The first-order valence-electron chi connectivity index (χ1n) is 7.63. The Morgan fingerprint density at radius 2 is 2.05 bits per heavy atom. The van der Waals surface area contributed by atoms with Crippen LogP contribution in [0.4, 0.5) is 0 Å². The van der Waals surface area contributed by atoms with Gasteiger partial charge in [-0.15, -0.1) is 0 Å². The van der Waals surface area contributed by atoms with Crippen molar-refractivity contribution in [1.82, 2.24) is 14.5 Å². The van der Waals surface area contributed by atoms with Gasteiger partial charge in [-0.2, -0.15) is 0 Å². The Hall–Kier alpha value is -0.910. The van der Waals surface area contributed by atoms with Gasteiger partial charge < -0.3 is 18.9 Å². The van der Waals surface area contributed by atoms with Crippen LogP contribution in [0.15, 0.2) is 12.4 Å². The number of nitrogens with zero attached hydrogens (tertiary/aromatic N) is 3. The molecule has 0 atom stereocenters. The lowest BCUT2D eigenvalue weighted by Crippen LogP contribution is -2.43. The Balaban J connectivity index is 1.47. The van der Waals surface area contributed by atoms with Crippen molar-refractivity contribution in [3.63, 3.8) is 0 Å². The number of hydrogen-bond donors (Lipinski definition) is 0. The van der Waals surface area contributed by atoms with Gasteiger partial charge in [-0.3, -0.25) is 0 Å². The molecule has 5 heteroatoms. The first-order chi connectivity index (χ1) is 9.69. The summed E-state index contributed by atoms with van der Waals surface area (Å²) in [5.41, 5.74) is 0. The lowest BCUT2D eigenvalue weighted by Gasteiger charge is -2.39. The van der Waals surface area contributed by atoms with Crippen molar-refractivity contribution in [1.29, 1.82) is 0 Å². The van der Waals surface area contributed by atoms with Gasteiger partial charge in [-0.05, 0) is 19.9 Å². The third kappa shape index (κ3) is 2.90. The van der Waals surface area contributed by atoms with Crippen LogP contribution in [-0.2, 0) is 22.9 Å². The van der Waals surface area contributed by atoms with E-state index in [1.54, 1.807) is 0 Å². The highest BCUT2D eigenvalue weighted by atomic mass is 16.7. The molecule has 2 heterocycles. The number of aryl methyl sites for hydroxylation is 1. The van der Waals surface area contributed by atoms with Gasteiger partial charge in [0.25, 0.3) is 0 Å². The second kappa shape index (κ2) is 5.84. The van der Waals surface area contributed by atoms with E-state index in [4.69, 9.17) is 9.47 Å². The first-order valence-corrected chi connectivity index (χ1v) is 7.63. The molecule has 0 radical (unpaired) electrons. The van der Waals surface area contributed by atoms with Gasteiger partial charge in [0.2, 0.25) is 0 Å². The minimum absolute atomic E-state index is 0.239. The largest absolute Gasteiger partial charge is 0.348 e. The highest BCUT2D eigenvalue weighted by Gasteiger charge is 2.40. The molecule has 1 aliphatic heterocycles. The van der Waals surface area contributed by atoms with Crippen LogP contribution in [0, 0.1) is 0 Å². The zero-order valence-corrected chi connectivity index (χ0v) is 12.5. The third-order valence-corrected chi connectivity index (χ3v) is 4.76. The molecule has 0 aromatic carbocycles. The van der Waals surface area contributed by atoms with Crippen LogP contribution < -0.4 is 0 Å². The van der Waals surface area contributed by atoms with Gasteiger partial charge in [0.15, 0.2) is 5.79 Å². The number of ether oxygens (including phenoxy) is 2. The Bertz CT molecular complexity index is 430. The fraction of sp³-hybridized carbons (Fsp3) is 0.800. The van der Waals surface area contributed by atoms with Crippen molar-refractivity contribution in [2.45, 2.75) is 43.9 Å². The van der Waals surface area contributed by atoms with E-state index in [1.165, 1.54) is 0 Å². The van der Waals surface area contributed by atoms with Crippen molar-refractivity contribution in [2.24, 2.45) is 7.05 Å². The molecule has 0 N–H and O–H groups in total. The number of likely N-dealkylation sites (N-methyl/N-ethyl adjacent to an activating group) is 1. The number of hydrogen-bond acceptors (Lipinski definition) is 4. The summed E-state index contributed by atoms with van der Waals surface area (Å²) in [4.78, 5) is 6.86. The van der Waals surface area contributed by atoms with E-state index in [2.05, 4.69) is 28.5 Å². The van der Waals surface area contributed by atoms with Crippen LogP contribution >= 0.6 is 0 Å². The first kappa shape index (κ1) is 14.0. The van der Waals surface area contributed by atoms with Crippen molar-refractivity contribution in [3.05, 3.63) is 18.2 Å². The molecule has 5 nitrogen and oxygen atoms in total. The molecule has 3 rings (SSSR count). The van der Waals surface area contributed by atoms with E-state index in [9.17, 15) is 0 Å². The topological polar surface area (TPSA) is 39.5 Å². The molecule has 1 saturated heterocycles.